The summed E-state index contributed by atoms with van der Waals surface area (Å²) in [7, 11) is 1.40. The minimum absolute atomic E-state index is 0.173. The second-order valence-electron chi connectivity index (χ2n) is 4.17. The van der Waals surface area contributed by atoms with Crippen molar-refractivity contribution in [3.63, 3.8) is 0 Å². The van der Waals surface area contributed by atoms with Crippen molar-refractivity contribution in [1.82, 2.24) is 0 Å². The fourth-order valence-electron chi connectivity index (χ4n) is 1.85. The molecule has 0 spiro atoms. The van der Waals surface area contributed by atoms with Gasteiger partial charge in [-0.3, -0.25) is 9.59 Å². The van der Waals surface area contributed by atoms with Crippen LogP contribution in [0.4, 0.5) is 0 Å². The van der Waals surface area contributed by atoms with Crippen molar-refractivity contribution in [1.29, 1.82) is 0 Å². The first-order chi connectivity index (χ1) is 8.24. The van der Waals surface area contributed by atoms with E-state index in [1.165, 1.54) is 7.11 Å². The van der Waals surface area contributed by atoms with Gasteiger partial charge in [0.05, 0.1) is 7.11 Å². The first kappa shape index (κ1) is 13.7. The Bertz CT molecular complexity index is 326. The Morgan fingerprint density at radius 3 is 2.65 bits per heavy atom. The molecule has 0 unspecified atom stereocenters. The molecule has 0 amide bonds. The summed E-state index contributed by atoms with van der Waals surface area (Å²) in [5.74, 6) is 0.146. The average molecular weight is 236 g/mol. The van der Waals surface area contributed by atoms with Crippen LogP contribution in [0.1, 0.15) is 44.9 Å². The molecule has 0 aromatic heterocycles. The highest BCUT2D eigenvalue weighted by Gasteiger charge is 2.15. The molecule has 1 aliphatic rings. The molecular formula is C14H20O3. The number of ketones is 1. The Balaban J connectivity index is 2.09. The first-order valence-corrected chi connectivity index (χ1v) is 6.18. The number of esters is 1. The van der Waals surface area contributed by atoms with E-state index in [-0.39, 0.29) is 5.97 Å². The van der Waals surface area contributed by atoms with Crippen LogP contribution in [-0.2, 0) is 14.3 Å². The summed E-state index contributed by atoms with van der Waals surface area (Å²) >= 11 is 0. The monoisotopic (exact) mass is 236 g/mol. The van der Waals surface area contributed by atoms with Crippen LogP contribution < -0.4 is 0 Å². The molecule has 0 aromatic rings. The SMILES string of the molecule is COC(=O)CC/C=C\CC/C=C1\CCCC1=O. The van der Waals surface area contributed by atoms with Crippen LogP contribution in [0.3, 0.4) is 0 Å². The summed E-state index contributed by atoms with van der Waals surface area (Å²) in [6, 6.07) is 0. The number of allylic oxidation sites excluding steroid dienone is 4. The van der Waals surface area contributed by atoms with E-state index in [1.807, 2.05) is 6.08 Å². The predicted molar refractivity (Wildman–Crippen MR) is 66.6 cm³/mol. The maximum absolute atomic E-state index is 11.3. The quantitative estimate of drug-likeness (QED) is 0.308. The smallest absolute Gasteiger partial charge is 0.305 e. The Kier molecular flexibility index (Phi) is 6.30. The normalized spacial score (nSPS) is 18.2. The molecule has 0 radical (unpaired) electrons. The van der Waals surface area contributed by atoms with Gasteiger partial charge in [0.25, 0.3) is 0 Å². The number of hydrogen-bond acceptors (Lipinski definition) is 3. The van der Waals surface area contributed by atoms with E-state index in [2.05, 4.69) is 16.9 Å². The third-order valence-electron chi connectivity index (χ3n) is 2.84. The molecule has 94 valence electrons. The lowest BCUT2D eigenvalue weighted by Gasteiger charge is -1.95. The molecule has 17 heavy (non-hydrogen) atoms. The number of carbonyl (C=O) groups is 2. The highest BCUT2D eigenvalue weighted by molar-refractivity contribution is 5.97. The third-order valence-corrected chi connectivity index (χ3v) is 2.84. The van der Waals surface area contributed by atoms with Crippen LogP contribution in [0.15, 0.2) is 23.8 Å². The van der Waals surface area contributed by atoms with Gasteiger partial charge in [0.2, 0.25) is 0 Å². The lowest BCUT2D eigenvalue weighted by Crippen LogP contribution is -1.97. The molecule has 1 saturated carbocycles. The predicted octanol–water partition coefficient (Wildman–Crippen LogP) is 2.96. The van der Waals surface area contributed by atoms with Crippen LogP contribution in [-0.4, -0.2) is 18.9 Å². The van der Waals surface area contributed by atoms with E-state index < -0.39 is 0 Å². The molecule has 3 heteroatoms. The van der Waals surface area contributed by atoms with Gasteiger partial charge in [0.1, 0.15) is 0 Å². The molecule has 1 fully saturated rings. The van der Waals surface area contributed by atoms with Crippen LogP contribution >= 0.6 is 0 Å². The van der Waals surface area contributed by atoms with E-state index in [0.717, 1.165) is 44.1 Å². The largest absolute Gasteiger partial charge is 0.469 e. The summed E-state index contributed by atoms with van der Waals surface area (Å²) in [4.78, 5) is 22.1. The zero-order chi connectivity index (χ0) is 12.5. The summed E-state index contributed by atoms with van der Waals surface area (Å²) in [5, 5.41) is 0. The van der Waals surface area contributed by atoms with E-state index in [1.54, 1.807) is 0 Å². The van der Waals surface area contributed by atoms with Gasteiger partial charge in [0, 0.05) is 12.8 Å². The van der Waals surface area contributed by atoms with Gasteiger partial charge in [-0.15, -0.1) is 0 Å². The van der Waals surface area contributed by atoms with Crippen molar-refractivity contribution >= 4 is 11.8 Å². The number of Topliss-reactive ketones (excluding diaryl/α,β-unsaturated/α-hetero) is 1. The third kappa shape index (κ3) is 5.48. The Hall–Kier alpha value is -1.38. The number of ether oxygens (including phenoxy) is 1. The molecule has 0 bridgehead atoms. The zero-order valence-corrected chi connectivity index (χ0v) is 10.4. The minimum Gasteiger partial charge on any atom is -0.469 e. The first-order valence-electron chi connectivity index (χ1n) is 6.18. The zero-order valence-electron chi connectivity index (χ0n) is 10.4. The van der Waals surface area contributed by atoms with Gasteiger partial charge in [0.15, 0.2) is 5.78 Å². The number of hydrogen-bond donors (Lipinski definition) is 0. The van der Waals surface area contributed by atoms with Crippen LogP contribution in [0.2, 0.25) is 0 Å². The summed E-state index contributed by atoms with van der Waals surface area (Å²) in [6.07, 6.45) is 11.8. The van der Waals surface area contributed by atoms with E-state index in [9.17, 15) is 9.59 Å². The van der Waals surface area contributed by atoms with Crippen molar-refractivity contribution in [3.8, 4) is 0 Å². The Morgan fingerprint density at radius 2 is 2.00 bits per heavy atom. The van der Waals surface area contributed by atoms with Gasteiger partial charge >= 0.3 is 5.97 Å². The van der Waals surface area contributed by atoms with Crippen molar-refractivity contribution in [2.45, 2.75) is 44.9 Å². The molecule has 1 aliphatic carbocycles. The van der Waals surface area contributed by atoms with E-state index in [0.29, 0.717) is 12.2 Å². The van der Waals surface area contributed by atoms with Crippen LogP contribution in [0.25, 0.3) is 0 Å². The molecule has 0 heterocycles. The van der Waals surface area contributed by atoms with Crippen molar-refractivity contribution in [2.24, 2.45) is 0 Å². The minimum atomic E-state index is -0.173. The number of methoxy groups -OCH3 is 1. The molecule has 0 aliphatic heterocycles. The second-order valence-corrected chi connectivity index (χ2v) is 4.17. The topological polar surface area (TPSA) is 43.4 Å². The van der Waals surface area contributed by atoms with E-state index in [4.69, 9.17) is 0 Å². The average Bonchev–Trinajstić information content (AvgIpc) is 2.73. The second kappa shape index (κ2) is 7.82. The molecule has 0 saturated heterocycles. The van der Waals surface area contributed by atoms with Crippen molar-refractivity contribution in [3.05, 3.63) is 23.8 Å². The highest BCUT2D eigenvalue weighted by Crippen LogP contribution is 2.20. The molecule has 0 N–H and O–H groups in total. The van der Waals surface area contributed by atoms with E-state index >= 15 is 0 Å². The van der Waals surface area contributed by atoms with Gasteiger partial charge < -0.3 is 4.74 Å². The molecule has 1 rings (SSSR count). The van der Waals surface area contributed by atoms with Gasteiger partial charge in [-0.25, -0.2) is 0 Å². The molecule has 0 aromatic carbocycles. The Morgan fingerprint density at radius 1 is 1.24 bits per heavy atom. The van der Waals surface area contributed by atoms with Gasteiger partial charge in [-0.05, 0) is 37.7 Å². The van der Waals surface area contributed by atoms with Crippen LogP contribution in [0.5, 0.6) is 0 Å². The maximum atomic E-state index is 11.3. The summed E-state index contributed by atoms with van der Waals surface area (Å²) < 4.78 is 4.54. The Labute approximate surface area is 103 Å². The number of unbranched alkanes of at least 4 members (excludes halogenated alkanes) is 1. The van der Waals surface area contributed by atoms with Gasteiger partial charge in [-0.1, -0.05) is 18.2 Å². The molecular weight excluding hydrogens is 216 g/mol. The van der Waals surface area contributed by atoms with Gasteiger partial charge in [-0.2, -0.15) is 0 Å². The standard InChI is InChI=1S/C14H20O3/c1-17-14(16)11-6-4-2-3-5-8-12-9-7-10-13(12)15/h2,4,8H,3,5-7,9-11H2,1H3/b4-2-,12-8+. The fourth-order valence-corrected chi connectivity index (χ4v) is 1.85. The number of rotatable bonds is 6. The lowest BCUT2D eigenvalue weighted by atomic mass is 10.1. The maximum Gasteiger partial charge on any atom is 0.305 e. The highest BCUT2D eigenvalue weighted by atomic mass is 16.5. The number of carbonyl (C=O) groups excluding carboxylic acids is 2. The summed E-state index contributed by atoms with van der Waals surface area (Å²) in [6.45, 7) is 0. The molecule has 3 nitrogen and oxygen atoms in total. The summed E-state index contributed by atoms with van der Waals surface area (Å²) in [5.41, 5.74) is 1.01. The lowest BCUT2D eigenvalue weighted by molar-refractivity contribution is -0.140. The fraction of sp³-hybridized carbons (Fsp3) is 0.571. The van der Waals surface area contributed by atoms with Crippen molar-refractivity contribution < 1.29 is 14.3 Å². The van der Waals surface area contributed by atoms with Crippen molar-refractivity contribution in [2.75, 3.05) is 7.11 Å². The molecule has 0 atom stereocenters. The van der Waals surface area contributed by atoms with Crippen LogP contribution in [0, 0.1) is 0 Å².